The molecule has 0 bridgehead atoms. The lowest BCUT2D eigenvalue weighted by Crippen LogP contribution is -2.38. The van der Waals surface area contributed by atoms with Gasteiger partial charge in [-0.05, 0) is 35.7 Å². The van der Waals surface area contributed by atoms with Gasteiger partial charge in [-0.3, -0.25) is 9.59 Å². The minimum absolute atomic E-state index is 0.0275. The number of rotatable bonds is 7. The third-order valence-corrected chi connectivity index (χ3v) is 4.37. The van der Waals surface area contributed by atoms with E-state index in [0.717, 1.165) is 28.5 Å². The number of aromatic amines is 1. The minimum atomic E-state index is -0.200. The van der Waals surface area contributed by atoms with Crippen LogP contribution in [0.25, 0.3) is 10.9 Å². The molecule has 0 aliphatic rings. The van der Waals surface area contributed by atoms with Gasteiger partial charge in [0.15, 0.2) is 0 Å². The Morgan fingerprint density at radius 2 is 1.73 bits per heavy atom. The highest BCUT2D eigenvalue weighted by molar-refractivity contribution is 6.30. The summed E-state index contributed by atoms with van der Waals surface area (Å²) in [6, 6.07) is 15.1. The van der Waals surface area contributed by atoms with E-state index in [9.17, 15) is 9.59 Å². The molecule has 0 aliphatic carbocycles. The molecule has 0 unspecified atom stereocenters. The summed E-state index contributed by atoms with van der Waals surface area (Å²) in [4.78, 5) is 27.0. The van der Waals surface area contributed by atoms with E-state index in [0.29, 0.717) is 11.6 Å². The third kappa shape index (κ3) is 4.86. The maximum atomic E-state index is 11.9. The van der Waals surface area contributed by atoms with Crippen molar-refractivity contribution in [3.8, 4) is 0 Å². The van der Waals surface area contributed by atoms with E-state index in [1.807, 2.05) is 24.4 Å². The summed E-state index contributed by atoms with van der Waals surface area (Å²) in [6.45, 7) is 0.494. The second-order valence-corrected chi connectivity index (χ2v) is 6.48. The number of para-hydroxylation sites is 1. The van der Waals surface area contributed by atoms with Gasteiger partial charge in [-0.15, -0.1) is 0 Å². The second kappa shape index (κ2) is 8.54. The third-order valence-electron chi connectivity index (χ3n) is 4.12. The fraction of sp³-hybridized carbons (Fsp3) is 0.200. The fourth-order valence-corrected chi connectivity index (χ4v) is 2.89. The molecule has 1 heterocycles. The summed E-state index contributed by atoms with van der Waals surface area (Å²) in [7, 11) is 0. The molecule has 0 saturated heterocycles. The van der Waals surface area contributed by atoms with Crippen molar-refractivity contribution in [2.45, 2.75) is 12.8 Å². The maximum Gasteiger partial charge on any atom is 0.239 e. The van der Waals surface area contributed by atoms with Crippen LogP contribution < -0.4 is 10.6 Å². The first-order valence-corrected chi connectivity index (χ1v) is 8.82. The van der Waals surface area contributed by atoms with Gasteiger partial charge in [-0.1, -0.05) is 41.9 Å². The van der Waals surface area contributed by atoms with Crippen LogP contribution in [0.5, 0.6) is 0 Å². The van der Waals surface area contributed by atoms with E-state index in [2.05, 4.69) is 21.7 Å². The van der Waals surface area contributed by atoms with Gasteiger partial charge < -0.3 is 15.6 Å². The Bertz CT molecular complexity index is 903. The smallest absolute Gasteiger partial charge is 0.239 e. The number of benzene rings is 2. The molecule has 3 aromatic rings. The molecule has 2 aromatic carbocycles. The van der Waals surface area contributed by atoms with E-state index in [1.54, 1.807) is 24.3 Å². The number of carbonyl (C=O) groups excluding carboxylic acids is 2. The fourth-order valence-electron chi connectivity index (χ4n) is 2.77. The van der Waals surface area contributed by atoms with Crippen LogP contribution in [0, 0.1) is 0 Å². The minimum Gasteiger partial charge on any atom is -0.361 e. The van der Waals surface area contributed by atoms with Gasteiger partial charge in [-0.2, -0.15) is 0 Å². The second-order valence-electron chi connectivity index (χ2n) is 6.04. The highest BCUT2D eigenvalue weighted by atomic mass is 35.5. The van der Waals surface area contributed by atoms with E-state index in [-0.39, 0.29) is 24.8 Å². The van der Waals surface area contributed by atoms with Gasteiger partial charge in [0.2, 0.25) is 11.8 Å². The lowest BCUT2D eigenvalue weighted by atomic mass is 10.1. The maximum absolute atomic E-state index is 11.9. The Kier molecular flexibility index (Phi) is 5.92. The molecule has 3 rings (SSSR count). The first kappa shape index (κ1) is 18.0. The van der Waals surface area contributed by atoms with Crippen LogP contribution in [0.4, 0.5) is 0 Å². The van der Waals surface area contributed by atoms with Crippen molar-refractivity contribution in [2.75, 3.05) is 13.1 Å². The predicted octanol–water partition coefficient (Wildman–Crippen LogP) is 2.84. The summed E-state index contributed by atoms with van der Waals surface area (Å²) >= 11 is 5.81. The van der Waals surface area contributed by atoms with Gasteiger partial charge in [0.05, 0.1) is 13.0 Å². The van der Waals surface area contributed by atoms with E-state index in [4.69, 9.17) is 11.6 Å². The Labute approximate surface area is 156 Å². The van der Waals surface area contributed by atoms with Gasteiger partial charge in [-0.25, -0.2) is 0 Å². The van der Waals surface area contributed by atoms with E-state index < -0.39 is 0 Å². The molecule has 0 fully saturated rings. The molecule has 0 atom stereocenters. The number of aromatic nitrogens is 1. The number of H-pyrrole nitrogens is 1. The standard InChI is InChI=1S/C20H20ClN3O2/c21-16-7-5-14(6-8-16)11-19(25)24-13-20(26)22-10-9-15-12-23-18-4-2-1-3-17(15)18/h1-8,12,23H,9-11,13H2,(H,22,26)(H,24,25). The summed E-state index contributed by atoms with van der Waals surface area (Å²) in [5.74, 6) is -0.395. The number of halogens is 1. The normalized spacial score (nSPS) is 10.7. The monoisotopic (exact) mass is 369 g/mol. The van der Waals surface area contributed by atoms with Crippen molar-refractivity contribution in [2.24, 2.45) is 0 Å². The average Bonchev–Trinajstić information content (AvgIpc) is 3.05. The Morgan fingerprint density at radius 3 is 2.54 bits per heavy atom. The number of amides is 2. The van der Waals surface area contributed by atoms with Crippen molar-refractivity contribution in [3.05, 3.63) is 70.9 Å². The SMILES string of the molecule is O=C(CNC(=O)Cc1ccc(Cl)cc1)NCCc1c[nH]c2ccccc12. The summed E-state index contributed by atoms with van der Waals surface area (Å²) in [6.07, 6.45) is 2.92. The van der Waals surface area contributed by atoms with Crippen LogP contribution in [0.3, 0.4) is 0 Å². The molecule has 0 aliphatic heterocycles. The summed E-state index contributed by atoms with van der Waals surface area (Å²) in [5, 5.41) is 7.25. The lowest BCUT2D eigenvalue weighted by molar-refractivity contribution is -0.125. The molecule has 2 amide bonds. The van der Waals surface area contributed by atoms with Crippen molar-refractivity contribution >= 4 is 34.3 Å². The van der Waals surface area contributed by atoms with Crippen LogP contribution in [-0.4, -0.2) is 29.9 Å². The van der Waals surface area contributed by atoms with Crippen molar-refractivity contribution in [3.63, 3.8) is 0 Å². The molecule has 1 aromatic heterocycles. The molecule has 0 saturated carbocycles. The summed E-state index contributed by atoms with van der Waals surface area (Å²) < 4.78 is 0. The predicted molar refractivity (Wildman–Crippen MR) is 103 cm³/mol. The molecule has 6 heteroatoms. The zero-order valence-electron chi connectivity index (χ0n) is 14.2. The molecule has 5 nitrogen and oxygen atoms in total. The number of fused-ring (bicyclic) bond motifs is 1. The van der Waals surface area contributed by atoms with Gasteiger partial charge in [0, 0.05) is 28.7 Å². The Balaban J connectivity index is 1.38. The zero-order valence-corrected chi connectivity index (χ0v) is 15.0. The lowest BCUT2D eigenvalue weighted by Gasteiger charge is -2.07. The van der Waals surface area contributed by atoms with E-state index in [1.165, 1.54) is 0 Å². The largest absolute Gasteiger partial charge is 0.361 e. The summed E-state index contributed by atoms with van der Waals surface area (Å²) in [5.41, 5.74) is 3.10. The molecule has 26 heavy (non-hydrogen) atoms. The first-order chi connectivity index (χ1) is 12.6. The van der Waals surface area contributed by atoms with Gasteiger partial charge in [0.25, 0.3) is 0 Å². The van der Waals surface area contributed by atoms with Crippen molar-refractivity contribution in [1.29, 1.82) is 0 Å². The Hall–Kier alpha value is -2.79. The van der Waals surface area contributed by atoms with E-state index >= 15 is 0 Å². The van der Waals surface area contributed by atoms with Crippen LogP contribution in [-0.2, 0) is 22.4 Å². The van der Waals surface area contributed by atoms with Crippen LogP contribution in [0.1, 0.15) is 11.1 Å². The number of nitrogens with one attached hydrogen (secondary N) is 3. The molecule has 3 N–H and O–H groups in total. The van der Waals surface area contributed by atoms with Crippen LogP contribution in [0.15, 0.2) is 54.7 Å². The molecular weight excluding hydrogens is 350 g/mol. The molecule has 0 spiro atoms. The van der Waals surface area contributed by atoms with Crippen LogP contribution >= 0.6 is 11.6 Å². The van der Waals surface area contributed by atoms with Gasteiger partial charge >= 0.3 is 0 Å². The van der Waals surface area contributed by atoms with Crippen molar-refractivity contribution in [1.82, 2.24) is 15.6 Å². The number of hydrogen-bond acceptors (Lipinski definition) is 2. The Morgan fingerprint density at radius 1 is 0.962 bits per heavy atom. The molecular formula is C20H20ClN3O2. The van der Waals surface area contributed by atoms with Crippen molar-refractivity contribution < 1.29 is 9.59 Å². The highest BCUT2D eigenvalue weighted by Gasteiger charge is 2.07. The zero-order chi connectivity index (χ0) is 18.4. The topological polar surface area (TPSA) is 74.0 Å². The number of hydrogen-bond donors (Lipinski definition) is 3. The highest BCUT2D eigenvalue weighted by Crippen LogP contribution is 2.17. The number of carbonyl (C=O) groups is 2. The molecule has 134 valence electrons. The quantitative estimate of drug-likeness (QED) is 0.599. The van der Waals surface area contributed by atoms with Gasteiger partial charge in [0.1, 0.15) is 0 Å². The van der Waals surface area contributed by atoms with Crippen LogP contribution in [0.2, 0.25) is 5.02 Å². The first-order valence-electron chi connectivity index (χ1n) is 8.44. The average molecular weight is 370 g/mol. The molecule has 0 radical (unpaired) electrons.